The molecule has 0 aliphatic heterocycles. The molecule has 0 aliphatic carbocycles. The van der Waals surface area contributed by atoms with Gasteiger partial charge in [-0.3, -0.25) is 0 Å². The Hall–Kier alpha value is -2.01. The van der Waals surface area contributed by atoms with Gasteiger partial charge in [0.1, 0.15) is 5.82 Å². The van der Waals surface area contributed by atoms with Gasteiger partial charge in [0.05, 0.1) is 5.52 Å². The van der Waals surface area contributed by atoms with Crippen molar-refractivity contribution in [3.05, 3.63) is 53.6 Å². The van der Waals surface area contributed by atoms with E-state index in [-0.39, 0.29) is 10.8 Å². The van der Waals surface area contributed by atoms with Crippen molar-refractivity contribution < 1.29 is 8.78 Å². The van der Waals surface area contributed by atoms with Crippen LogP contribution in [-0.4, -0.2) is 14.5 Å². The Morgan fingerprint density at radius 2 is 1.95 bits per heavy atom. The number of alkyl halides is 2. The first-order chi connectivity index (χ1) is 9.16. The summed E-state index contributed by atoms with van der Waals surface area (Å²) in [6.45, 7) is 0. The van der Waals surface area contributed by atoms with Gasteiger partial charge < -0.3 is 4.57 Å². The average Bonchev–Trinajstić information content (AvgIpc) is 2.78. The number of aromatic nitrogens is 3. The van der Waals surface area contributed by atoms with E-state index in [4.69, 9.17) is 11.6 Å². The first kappa shape index (κ1) is 12.0. The standard InChI is InChI=1S/C13H8ClF2N3/c14-13-17-6-5-11(18-13)19-7-9(12(15)16)8-3-1-2-4-10(8)19/h1-7,12H. The van der Waals surface area contributed by atoms with Gasteiger partial charge in [0, 0.05) is 23.3 Å². The maximum Gasteiger partial charge on any atom is 0.265 e. The van der Waals surface area contributed by atoms with E-state index in [9.17, 15) is 8.78 Å². The molecule has 3 aromatic rings. The van der Waals surface area contributed by atoms with Crippen molar-refractivity contribution in [2.75, 3.05) is 0 Å². The minimum atomic E-state index is -2.54. The lowest BCUT2D eigenvalue weighted by Crippen LogP contribution is -1.96. The van der Waals surface area contributed by atoms with Crippen molar-refractivity contribution >= 4 is 22.5 Å². The second-order valence-corrected chi connectivity index (χ2v) is 4.29. The SMILES string of the molecule is FC(F)c1cn(-c2ccnc(Cl)n2)c2ccccc12. The van der Waals surface area contributed by atoms with Crippen LogP contribution in [0.4, 0.5) is 8.78 Å². The predicted octanol–water partition coefficient (Wildman–Crippen LogP) is 4.01. The molecular weight excluding hydrogens is 272 g/mol. The fourth-order valence-corrected chi connectivity index (χ4v) is 2.17. The highest BCUT2D eigenvalue weighted by Crippen LogP contribution is 2.31. The molecule has 0 unspecified atom stereocenters. The highest BCUT2D eigenvalue weighted by atomic mass is 35.5. The van der Waals surface area contributed by atoms with Crippen LogP contribution in [-0.2, 0) is 0 Å². The smallest absolute Gasteiger partial charge is 0.265 e. The van der Waals surface area contributed by atoms with Crippen LogP contribution in [0.5, 0.6) is 0 Å². The van der Waals surface area contributed by atoms with Crippen molar-refractivity contribution in [3.63, 3.8) is 0 Å². The van der Waals surface area contributed by atoms with Gasteiger partial charge in [-0.2, -0.15) is 4.98 Å². The topological polar surface area (TPSA) is 30.7 Å². The molecule has 0 amide bonds. The fraction of sp³-hybridized carbons (Fsp3) is 0.0769. The Kier molecular flexibility index (Phi) is 2.91. The summed E-state index contributed by atoms with van der Waals surface area (Å²) in [5, 5.41) is 0.584. The summed E-state index contributed by atoms with van der Waals surface area (Å²) in [6, 6.07) is 8.56. The summed E-state index contributed by atoms with van der Waals surface area (Å²) in [4.78, 5) is 7.82. The molecule has 19 heavy (non-hydrogen) atoms. The number of para-hydroxylation sites is 1. The van der Waals surface area contributed by atoms with Gasteiger partial charge in [0.25, 0.3) is 6.43 Å². The number of hydrogen-bond donors (Lipinski definition) is 0. The zero-order valence-electron chi connectivity index (χ0n) is 9.59. The van der Waals surface area contributed by atoms with E-state index >= 15 is 0 Å². The summed E-state index contributed by atoms with van der Waals surface area (Å²) in [5.41, 5.74) is 0.637. The first-order valence-electron chi connectivity index (χ1n) is 5.54. The molecule has 6 heteroatoms. The van der Waals surface area contributed by atoms with Crippen LogP contribution in [0.25, 0.3) is 16.7 Å². The minimum absolute atomic E-state index is 0.0228. The molecule has 0 bridgehead atoms. The summed E-state index contributed by atoms with van der Waals surface area (Å²) in [5.74, 6) is 0.461. The lowest BCUT2D eigenvalue weighted by Gasteiger charge is -2.03. The quantitative estimate of drug-likeness (QED) is 0.664. The molecule has 0 saturated carbocycles. The molecule has 0 spiro atoms. The normalized spacial score (nSPS) is 11.4. The molecule has 0 aliphatic rings. The van der Waals surface area contributed by atoms with Crippen LogP contribution < -0.4 is 0 Å². The molecule has 1 aromatic carbocycles. The Bertz CT molecular complexity index is 740. The van der Waals surface area contributed by atoms with Crippen LogP contribution >= 0.6 is 11.6 Å². The van der Waals surface area contributed by atoms with Crippen molar-refractivity contribution in [1.29, 1.82) is 0 Å². The van der Waals surface area contributed by atoms with E-state index in [1.54, 1.807) is 34.9 Å². The summed E-state index contributed by atoms with van der Waals surface area (Å²) in [7, 11) is 0. The van der Waals surface area contributed by atoms with Crippen LogP contribution in [0.3, 0.4) is 0 Å². The summed E-state index contributed by atoms with van der Waals surface area (Å²) in [6.07, 6.45) is 0.332. The molecule has 0 saturated heterocycles. The van der Waals surface area contributed by atoms with Gasteiger partial charge >= 0.3 is 0 Å². The van der Waals surface area contributed by atoms with Crippen molar-refractivity contribution in [2.45, 2.75) is 6.43 Å². The number of hydrogen-bond acceptors (Lipinski definition) is 2. The van der Waals surface area contributed by atoms with Gasteiger partial charge in [-0.05, 0) is 23.7 Å². The van der Waals surface area contributed by atoms with Crippen LogP contribution in [0, 0.1) is 0 Å². The number of fused-ring (bicyclic) bond motifs is 1. The molecule has 0 N–H and O–H groups in total. The maximum absolute atomic E-state index is 13.0. The van der Waals surface area contributed by atoms with Crippen LogP contribution in [0.2, 0.25) is 5.28 Å². The first-order valence-corrected chi connectivity index (χ1v) is 5.91. The summed E-state index contributed by atoms with van der Waals surface area (Å²) < 4.78 is 27.7. The zero-order valence-corrected chi connectivity index (χ0v) is 10.4. The van der Waals surface area contributed by atoms with E-state index in [2.05, 4.69) is 9.97 Å². The zero-order chi connectivity index (χ0) is 13.4. The van der Waals surface area contributed by atoms with E-state index in [0.29, 0.717) is 16.7 Å². The highest BCUT2D eigenvalue weighted by molar-refractivity contribution is 6.28. The molecule has 2 heterocycles. The number of rotatable bonds is 2. The monoisotopic (exact) mass is 279 g/mol. The van der Waals surface area contributed by atoms with Gasteiger partial charge in [0.2, 0.25) is 5.28 Å². The average molecular weight is 280 g/mol. The molecule has 2 aromatic heterocycles. The van der Waals surface area contributed by atoms with Crippen molar-refractivity contribution in [2.24, 2.45) is 0 Å². The van der Waals surface area contributed by atoms with E-state index in [1.165, 1.54) is 12.4 Å². The minimum Gasteiger partial charge on any atom is -0.301 e. The second kappa shape index (κ2) is 4.59. The lowest BCUT2D eigenvalue weighted by atomic mass is 10.2. The molecule has 0 fully saturated rings. The summed E-state index contributed by atoms with van der Waals surface area (Å²) >= 11 is 5.73. The highest BCUT2D eigenvalue weighted by Gasteiger charge is 2.17. The fourth-order valence-electron chi connectivity index (χ4n) is 2.03. The Labute approximate surface area is 112 Å². The molecule has 3 rings (SSSR count). The molecule has 96 valence electrons. The number of benzene rings is 1. The van der Waals surface area contributed by atoms with Crippen molar-refractivity contribution in [3.8, 4) is 5.82 Å². The molecule has 3 nitrogen and oxygen atoms in total. The molecular formula is C13H8ClF2N3. The predicted molar refractivity (Wildman–Crippen MR) is 68.8 cm³/mol. The van der Waals surface area contributed by atoms with Gasteiger partial charge in [-0.25, -0.2) is 13.8 Å². The lowest BCUT2D eigenvalue weighted by molar-refractivity contribution is 0.153. The van der Waals surface area contributed by atoms with Crippen molar-refractivity contribution in [1.82, 2.24) is 14.5 Å². The Morgan fingerprint density at radius 3 is 2.68 bits per heavy atom. The third-order valence-corrected chi connectivity index (χ3v) is 3.02. The second-order valence-electron chi connectivity index (χ2n) is 3.96. The Morgan fingerprint density at radius 1 is 1.16 bits per heavy atom. The van der Waals surface area contributed by atoms with Gasteiger partial charge in [-0.1, -0.05) is 18.2 Å². The molecule has 0 atom stereocenters. The third kappa shape index (κ3) is 2.06. The van der Waals surface area contributed by atoms with E-state index < -0.39 is 6.43 Å². The van der Waals surface area contributed by atoms with Crippen LogP contribution in [0.15, 0.2) is 42.7 Å². The van der Waals surface area contributed by atoms with E-state index in [0.717, 1.165) is 0 Å². The maximum atomic E-state index is 13.0. The number of nitrogens with zero attached hydrogens (tertiary/aromatic N) is 3. The molecule has 0 radical (unpaired) electrons. The van der Waals surface area contributed by atoms with E-state index in [1.807, 2.05) is 0 Å². The van der Waals surface area contributed by atoms with Crippen LogP contribution in [0.1, 0.15) is 12.0 Å². The van der Waals surface area contributed by atoms with Gasteiger partial charge in [-0.15, -0.1) is 0 Å². The third-order valence-electron chi connectivity index (χ3n) is 2.84. The van der Waals surface area contributed by atoms with Gasteiger partial charge in [0.15, 0.2) is 0 Å². The Balaban J connectivity index is 2.30. The largest absolute Gasteiger partial charge is 0.301 e. The number of halogens is 3.